The van der Waals surface area contributed by atoms with Crippen molar-refractivity contribution in [1.82, 2.24) is 4.90 Å². The summed E-state index contributed by atoms with van der Waals surface area (Å²) >= 11 is 3.52. The third kappa shape index (κ3) is 3.96. The fourth-order valence-corrected chi connectivity index (χ4v) is 1.87. The fraction of sp³-hybridized carbons (Fsp3) is 1.00. The minimum atomic E-state index is 0.587. The molecule has 0 aromatic carbocycles. The molecule has 0 aromatic heterocycles. The highest BCUT2D eigenvalue weighted by atomic mass is 79.9. The number of halogens is 1. The second kappa shape index (κ2) is 5.99. The molecule has 0 N–H and O–H groups in total. The normalized spacial score (nSPS) is 28.4. The third-order valence-corrected chi connectivity index (χ3v) is 3.63. The molecular weight excluding hydrogens is 230 g/mol. The molecule has 0 aromatic rings. The predicted octanol–water partition coefficient (Wildman–Crippen LogP) is 2.13. The molecule has 2 nitrogen and oxygen atoms in total. The maximum absolute atomic E-state index is 5.50. The Kier molecular flexibility index (Phi) is 5.29. The summed E-state index contributed by atoms with van der Waals surface area (Å²) in [4.78, 5) is 2.54. The number of hydrogen-bond donors (Lipinski definition) is 0. The summed E-state index contributed by atoms with van der Waals surface area (Å²) in [5.41, 5.74) is 0. The quantitative estimate of drug-likeness (QED) is 0.711. The van der Waals surface area contributed by atoms with Crippen LogP contribution >= 0.6 is 15.9 Å². The summed E-state index contributed by atoms with van der Waals surface area (Å²) in [6, 6.07) is 0.587. The van der Waals surface area contributed by atoms with Crippen LogP contribution in [0.2, 0.25) is 0 Å². The molecule has 2 atom stereocenters. The van der Waals surface area contributed by atoms with Crippen molar-refractivity contribution in [3.8, 4) is 0 Å². The molecule has 1 heterocycles. The van der Waals surface area contributed by atoms with Gasteiger partial charge in [0.05, 0.1) is 6.61 Å². The van der Waals surface area contributed by atoms with Gasteiger partial charge in [-0.3, -0.25) is 4.90 Å². The van der Waals surface area contributed by atoms with E-state index >= 15 is 0 Å². The number of alkyl halides is 1. The monoisotopic (exact) mass is 249 g/mol. The van der Waals surface area contributed by atoms with E-state index in [1.807, 2.05) is 0 Å². The van der Waals surface area contributed by atoms with E-state index in [1.54, 1.807) is 0 Å². The third-order valence-electron chi connectivity index (χ3n) is 2.53. The van der Waals surface area contributed by atoms with Gasteiger partial charge in [0, 0.05) is 31.1 Å². The van der Waals surface area contributed by atoms with E-state index in [9.17, 15) is 0 Å². The first-order valence-electron chi connectivity index (χ1n) is 5.11. The van der Waals surface area contributed by atoms with Crippen LogP contribution in [0.15, 0.2) is 0 Å². The molecule has 2 unspecified atom stereocenters. The van der Waals surface area contributed by atoms with Crippen molar-refractivity contribution < 1.29 is 4.74 Å². The van der Waals surface area contributed by atoms with Crippen LogP contribution in [-0.4, -0.2) is 42.6 Å². The Balaban J connectivity index is 2.35. The lowest BCUT2D eigenvalue weighted by molar-refractivity contribution is 0.104. The van der Waals surface area contributed by atoms with Crippen LogP contribution in [0.3, 0.4) is 0 Å². The van der Waals surface area contributed by atoms with Crippen LogP contribution in [0.4, 0.5) is 0 Å². The van der Waals surface area contributed by atoms with Gasteiger partial charge >= 0.3 is 0 Å². The van der Waals surface area contributed by atoms with Crippen molar-refractivity contribution in [3.05, 3.63) is 0 Å². The smallest absolute Gasteiger partial charge is 0.0619 e. The maximum Gasteiger partial charge on any atom is 0.0619 e. The fourth-order valence-electron chi connectivity index (χ4n) is 1.67. The zero-order valence-electron chi connectivity index (χ0n) is 8.63. The second-order valence-corrected chi connectivity index (χ2v) is 4.68. The number of rotatable bonds is 3. The number of nitrogens with zero attached hydrogens (tertiary/aromatic N) is 1. The van der Waals surface area contributed by atoms with Gasteiger partial charge in [0.2, 0.25) is 0 Å². The Bertz CT molecular complexity index is 143. The molecule has 13 heavy (non-hydrogen) atoms. The van der Waals surface area contributed by atoms with E-state index in [1.165, 1.54) is 19.5 Å². The summed E-state index contributed by atoms with van der Waals surface area (Å²) in [6.45, 7) is 8.76. The average molecular weight is 250 g/mol. The van der Waals surface area contributed by atoms with Gasteiger partial charge in [0.15, 0.2) is 0 Å². The Hall–Kier alpha value is 0.400. The van der Waals surface area contributed by atoms with Gasteiger partial charge in [-0.1, -0.05) is 22.9 Å². The maximum atomic E-state index is 5.50. The Labute approximate surface area is 89.8 Å². The van der Waals surface area contributed by atoms with Gasteiger partial charge in [-0.2, -0.15) is 0 Å². The van der Waals surface area contributed by atoms with E-state index in [0.29, 0.717) is 6.04 Å². The lowest BCUT2D eigenvalue weighted by Gasteiger charge is -2.28. The summed E-state index contributed by atoms with van der Waals surface area (Å²) in [5.74, 6) is 0.737. The van der Waals surface area contributed by atoms with Crippen molar-refractivity contribution in [2.75, 3.05) is 31.6 Å². The molecule has 0 spiro atoms. The lowest BCUT2D eigenvalue weighted by atomic mass is 10.1. The van der Waals surface area contributed by atoms with Crippen molar-refractivity contribution >= 4 is 15.9 Å². The van der Waals surface area contributed by atoms with Crippen LogP contribution in [0, 0.1) is 5.92 Å². The summed E-state index contributed by atoms with van der Waals surface area (Å²) < 4.78 is 5.50. The zero-order chi connectivity index (χ0) is 9.68. The van der Waals surface area contributed by atoms with Crippen LogP contribution < -0.4 is 0 Å². The standard InChI is InChI=1S/C10H20BrNO/c1-9(6-11)7-12-4-3-5-13-8-10(12)2/h9-10H,3-8H2,1-2H3. The van der Waals surface area contributed by atoms with Crippen LogP contribution in [-0.2, 0) is 4.74 Å². The van der Waals surface area contributed by atoms with Crippen molar-refractivity contribution in [2.45, 2.75) is 26.3 Å². The highest BCUT2D eigenvalue weighted by molar-refractivity contribution is 9.09. The first-order chi connectivity index (χ1) is 6.24. The molecule has 1 saturated heterocycles. The van der Waals surface area contributed by atoms with E-state index in [-0.39, 0.29) is 0 Å². The largest absolute Gasteiger partial charge is 0.380 e. The molecule has 0 aliphatic carbocycles. The van der Waals surface area contributed by atoms with Crippen molar-refractivity contribution in [3.63, 3.8) is 0 Å². The van der Waals surface area contributed by atoms with Gasteiger partial charge in [0.1, 0.15) is 0 Å². The van der Waals surface area contributed by atoms with Crippen molar-refractivity contribution in [1.29, 1.82) is 0 Å². The first kappa shape index (κ1) is 11.5. The van der Waals surface area contributed by atoms with Crippen LogP contribution in [0.25, 0.3) is 0 Å². The van der Waals surface area contributed by atoms with Gasteiger partial charge in [-0.05, 0) is 19.3 Å². The first-order valence-corrected chi connectivity index (χ1v) is 6.24. The molecule has 0 radical (unpaired) electrons. The number of hydrogen-bond acceptors (Lipinski definition) is 2. The molecule has 78 valence electrons. The SMILES string of the molecule is CC(CBr)CN1CCCOCC1C. The van der Waals surface area contributed by atoms with E-state index in [4.69, 9.17) is 4.74 Å². The average Bonchev–Trinajstić information content (AvgIpc) is 2.32. The summed E-state index contributed by atoms with van der Waals surface area (Å²) in [5, 5.41) is 1.09. The Morgan fingerprint density at radius 1 is 1.62 bits per heavy atom. The Morgan fingerprint density at radius 3 is 3.08 bits per heavy atom. The second-order valence-electron chi connectivity index (χ2n) is 4.03. The highest BCUT2D eigenvalue weighted by Gasteiger charge is 2.18. The lowest BCUT2D eigenvalue weighted by Crippen LogP contribution is -2.38. The zero-order valence-corrected chi connectivity index (χ0v) is 10.2. The van der Waals surface area contributed by atoms with Crippen LogP contribution in [0.5, 0.6) is 0 Å². The molecule has 1 aliphatic rings. The molecule has 0 saturated carbocycles. The van der Waals surface area contributed by atoms with Gasteiger partial charge < -0.3 is 4.74 Å². The minimum absolute atomic E-state index is 0.587. The van der Waals surface area contributed by atoms with Crippen molar-refractivity contribution in [2.24, 2.45) is 5.92 Å². The van der Waals surface area contributed by atoms with Crippen LogP contribution in [0.1, 0.15) is 20.3 Å². The van der Waals surface area contributed by atoms with Gasteiger partial charge in [-0.15, -0.1) is 0 Å². The molecule has 0 bridgehead atoms. The highest BCUT2D eigenvalue weighted by Crippen LogP contribution is 2.11. The molecule has 1 rings (SSSR count). The van der Waals surface area contributed by atoms with Gasteiger partial charge in [0.25, 0.3) is 0 Å². The minimum Gasteiger partial charge on any atom is -0.380 e. The Morgan fingerprint density at radius 2 is 2.38 bits per heavy atom. The van der Waals surface area contributed by atoms with E-state index < -0.39 is 0 Å². The van der Waals surface area contributed by atoms with E-state index in [2.05, 4.69) is 34.7 Å². The predicted molar refractivity (Wildman–Crippen MR) is 59.4 cm³/mol. The summed E-state index contributed by atoms with van der Waals surface area (Å²) in [6.07, 6.45) is 1.18. The number of ether oxygens (including phenoxy) is 1. The molecular formula is C10H20BrNO. The molecule has 1 aliphatic heterocycles. The van der Waals surface area contributed by atoms with Gasteiger partial charge in [-0.25, -0.2) is 0 Å². The summed E-state index contributed by atoms with van der Waals surface area (Å²) in [7, 11) is 0. The molecule has 1 fully saturated rings. The van der Waals surface area contributed by atoms with E-state index in [0.717, 1.165) is 24.5 Å². The molecule has 3 heteroatoms. The molecule has 0 amide bonds. The topological polar surface area (TPSA) is 12.5 Å².